The van der Waals surface area contributed by atoms with E-state index in [0.29, 0.717) is 34.8 Å². The number of hydrogen-bond donors (Lipinski definition) is 0. The maximum absolute atomic E-state index is 13.7. The zero-order chi connectivity index (χ0) is 25.3. The van der Waals surface area contributed by atoms with E-state index >= 15 is 0 Å². The molecule has 3 aromatic rings. The van der Waals surface area contributed by atoms with Crippen LogP contribution in [0.25, 0.3) is 0 Å². The molecule has 0 spiro atoms. The van der Waals surface area contributed by atoms with E-state index in [1.54, 1.807) is 36.9 Å². The smallest absolute Gasteiger partial charge is 0.340 e. The van der Waals surface area contributed by atoms with E-state index < -0.39 is 15.9 Å². The Bertz CT molecular complexity index is 1430. The molecule has 0 unspecified atom stereocenters. The highest BCUT2D eigenvalue weighted by Crippen LogP contribution is 2.40. The van der Waals surface area contributed by atoms with Crippen molar-refractivity contribution in [1.82, 2.24) is 9.78 Å². The fraction of sp³-hybridized carbons (Fsp3) is 0.292. The summed E-state index contributed by atoms with van der Waals surface area (Å²) in [6.07, 6.45) is 1.98. The number of carbonyl (C=O) groups excluding carboxylic acids is 1. The zero-order valence-electron chi connectivity index (χ0n) is 19.7. The van der Waals surface area contributed by atoms with Gasteiger partial charge in [0.25, 0.3) is 0 Å². The molecule has 0 amide bonds. The molecule has 0 fully saturated rings. The van der Waals surface area contributed by atoms with Crippen molar-refractivity contribution >= 4 is 45.0 Å². The van der Waals surface area contributed by atoms with E-state index in [-0.39, 0.29) is 16.3 Å². The second-order valence-electron chi connectivity index (χ2n) is 7.91. The first-order valence-corrected chi connectivity index (χ1v) is 13.6. The van der Waals surface area contributed by atoms with Gasteiger partial charge >= 0.3 is 10.1 Å². The van der Waals surface area contributed by atoms with Crippen molar-refractivity contribution in [2.24, 2.45) is 5.16 Å². The lowest BCUT2D eigenvalue weighted by molar-refractivity contribution is 0.103. The SMILES string of the molecule is CCn1ncc(C(=O)c2cc(Cl)c3c(c2C)/C(=N/OC)CCS3)c1OS(=O)(=O)c1ccc(C)cc1. The summed E-state index contributed by atoms with van der Waals surface area (Å²) in [5.74, 6) is 0.194. The van der Waals surface area contributed by atoms with Crippen molar-refractivity contribution in [1.29, 1.82) is 0 Å². The number of benzene rings is 2. The van der Waals surface area contributed by atoms with Crippen LogP contribution < -0.4 is 4.18 Å². The van der Waals surface area contributed by atoms with Crippen LogP contribution in [0.1, 0.15) is 46.0 Å². The van der Waals surface area contributed by atoms with Gasteiger partial charge in [0.15, 0.2) is 5.78 Å². The summed E-state index contributed by atoms with van der Waals surface area (Å²) in [4.78, 5) is 19.6. The monoisotopic (exact) mass is 533 g/mol. The number of hydrogen-bond acceptors (Lipinski definition) is 8. The fourth-order valence-corrected chi connectivity index (χ4v) is 6.30. The number of thioether (sulfide) groups is 1. The molecule has 0 saturated heterocycles. The van der Waals surface area contributed by atoms with E-state index in [1.165, 1.54) is 30.1 Å². The summed E-state index contributed by atoms with van der Waals surface area (Å²) in [5.41, 5.74) is 3.39. The molecule has 4 rings (SSSR count). The van der Waals surface area contributed by atoms with Gasteiger partial charge in [-0.2, -0.15) is 13.5 Å². The normalized spacial score (nSPS) is 14.6. The van der Waals surface area contributed by atoms with Gasteiger partial charge in [-0.1, -0.05) is 34.5 Å². The summed E-state index contributed by atoms with van der Waals surface area (Å²) in [6, 6.07) is 7.87. The van der Waals surface area contributed by atoms with Crippen LogP contribution in [-0.4, -0.2) is 42.6 Å². The second-order valence-corrected chi connectivity index (χ2v) is 11.0. The number of ketones is 1. The van der Waals surface area contributed by atoms with Crippen molar-refractivity contribution in [2.45, 2.75) is 43.5 Å². The van der Waals surface area contributed by atoms with Crippen LogP contribution >= 0.6 is 23.4 Å². The Kier molecular flexibility index (Phi) is 7.25. The summed E-state index contributed by atoms with van der Waals surface area (Å²) in [6.45, 7) is 5.75. The van der Waals surface area contributed by atoms with Crippen LogP contribution in [0.5, 0.6) is 5.88 Å². The van der Waals surface area contributed by atoms with E-state index in [9.17, 15) is 13.2 Å². The maximum Gasteiger partial charge on any atom is 0.340 e. The minimum absolute atomic E-state index is 0.0178. The average Bonchev–Trinajstić information content (AvgIpc) is 3.23. The van der Waals surface area contributed by atoms with Gasteiger partial charge in [0.2, 0.25) is 5.88 Å². The van der Waals surface area contributed by atoms with Crippen LogP contribution in [0.3, 0.4) is 0 Å². The molecule has 0 bridgehead atoms. The van der Waals surface area contributed by atoms with Gasteiger partial charge in [-0.25, -0.2) is 4.68 Å². The number of rotatable bonds is 7. The Morgan fingerprint density at radius 2 is 1.94 bits per heavy atom. The number of oxime groups is 1. The third-order valence-electron chi connectivity index (χ3n) is 5.65. The van der Waals surface area contributed by atoms with Crippen molar-refractivity contribution in [3.63, 3.8) is 0 Å². The van der Waals surface area contributed by atoms with Gasteiger partial charge in [0, 0.05) is 34.7 Å². The Balaban J connectivity index is 1.80. The highest BCUT2D eigenvalue weighted by Gasteiger charge is 2.30. The molecule has 1 aliphatic rings. The molecule has 0 atom stereocenters. The van der Waals surface area contributed by atoms with Crippen LogP contribution in [-0.2, 0) is 21.5 Å². The molecule has 2 aromatic carbocycles. The Labute approximate surface area is 213 Å². The summed E-state index contributed by atoms with van der Waals surface area (Å²) in [5, 5.41) is 8.74. The molecule has 1 aromatic heterocycles. The quantitative estimate of drug-likeness (QED) is 0.239. The number of fused-ring (bicyclic) bond motifs is 1. The Hall–Kier alpha value is -2.82. The standard InChI is InChI=1S/C24H24ClN3O5S2/c1-5-28-24(33-35(30,31)16-8-6-14(2)7-9-16)18(13-26-28)22(29)17-12-19(25)23-21(15(17)3)20(27-32-4)10-11-34-23/h6-9,12-13H,5,10-11H2,1-4H3/b27-20+. The second kappa shape index (κ2) is 10.0. The molecule has 35 heavy (non-hydrogen) atoms. The molecule has 184 valence electrons. The van der Waals surface area contributed by atoms with Crippen LogP contribution in [0, 0.1) is 13.8 Å². The Morgan fingerprint density at radius 3 is 2.60 bits per heavy atom. The van der Waals surface area contributed by atoms with Gasteiger partial charge in [-0.05, 0) is 44.5 Å². The van der Waals surface area contributed by atoms with E-state index in [2.05, 4.69) is 10.3 Å². The van der Waals surface area contributed by atoms with Crippen LogP contribution in [0.2, 0.25) is 5.02 Å². The van der Waals surface area contributed by atoms with E-state index in [1.807, 2.05) is 13.8 Å². The molecule has 2 heterocycles. The number of halogens is 1. The zero-order valence-corrected chi connectivity index (χ0v) is 22.1. The van der Waals surface area contributed by atoms with Crippen LogP contribution in [0.15, 0.2) is 51.5 Å². The molecular formula is C24H24ClN3O5S2. The van der Waals surface area contributed by atoms with Gasteiger partial charge in [-0.3, -0.25) is 4.79 Å². The third kappa shape index (κ3) is 4.82. The molecule has 0 aliphatic carbocycles. The molecule has 0 N–H and O–H groups in total. The van der Waals surface area contributed by atoms with Gasteiger partial charge < -0.3 is 9.02 Å². The molecule has 11 heteroatoms. The predicted octanol–water partition coefficient (Wildman–Crippen LogP) is 5.02. The fourth-order valence-electron chi connectivity index (χ4n) is 3.87. The molecule has 8 nitrogen and oxygen atoms in total. The molecular weight excluding hydrogens is 510 g/mol. The van der Waals surface area contributed by atoms with E-state index in [4.69, 9.17) is 20.6 Å². The first-order valence-electron chi connectivity index (χ1n) is 10.9. The highest BCUT2D eigenvalue weighted by molar-refractivity contribution is 7.99. The largest absolute Gasteiger partial charge is 0.399 e. The lowest BCUT2D eigenvalue weighted by Gasteiger charge is -2.22. The minimum Gasteiger partial charge on any atom is -0.399 e. The summed E-state index contributed by atoms with van der Waals surface area (Å²) in [7, 11) is -2.73. The topological polar surface area (TPSA) is 99.8 Å². The number of nitrogens with zero attached hydrogens (tertiary/aromatic N) is 3. The predicted molar refractivity (Wildman–Crippen MR) is 135 cm³/mol. The van der Waals surface area contributed by atoms with Crippen LogP contribution in [0.4, 0.5) is 0 Å². The number of aryl methyl sites for hydroxylation is 2. The lowest BCUT2D eigenvalue weighted by atomic mass is 9.93. The molecule has 0 radical (unpaired) electrons. The lowest BCUT2D eigenvalue weighted by Crippen LogP contribution is -2.18. The average molecular weight is 534 g/mol. The minimum atomic E-state index is -4.20. The summed E-state index contributed by atoms with van der Waals surface area (Å²) >= 11 is 8.16. The van der Waals surface area contributed by atoms with Crippen molar-refractivity contribution in [3.05, 3.63) is 69.4 Å². The number of carbonyl (C=O) groups is 1. The summed E-state index contributed by atoms with van der Waals surface area (Å²) < 4.78 is 32.8. The van der Waals surface area contributed by atoms with Gasteiger partial charge in [0.05, 0.1) is 16.9 Å². The third-order valence-corrected chi connectivity index (χ3v) is 8.41. The molecule has 1 aliphatic heterocycles. The van der Waals surface area contributed by atoms with Crippen molar-refractivity contribution < 1.29 is 22.2 Å². The maximum atomic E-state index is 13.7. The van der Waals surface area contributed by atoms with Crippen molar-refractivity contribution in [3.8, 4) is 5.88 Å². The number of aromatic nitrogens is 2. The molecule has 0 saturated carbocycles. The van der Waals surface area contributed by atoms with E-state index in [0.717, 1.165) is 21.8 Å². The van der Waals surface area contributed by atoms with Gasteiger partial charge in [-0.15, -0.1) is 11.8 Å². The van der Waals surface area contributed by atoms with Crippen molar-refractivity contribution in [2.75, 3.05) is 12.9 Å². The first kappa shape index (κ1) is 25.3. The first-order chi connectivity index (χ1) is 16.7. The Morgan fingerprint density at radius 1 is 1.23 bits per heavy atom. The highest BCUT2D eigenvalue weighted by atomic mass is 35.5. The van der Waals surface area contributed by atoms with Gasteiger partial charge in [0.1, 0.15) is 17.6 Å².